The van der Waals surface area contributed by atoms with Crippen LogP contribution in [0.5, 0.6) is 0 Å². The molecule has 3 rings (SSSR count). The predicted octanol–water partition coefficient (Wildman–Crippen LogP) is 2.31. The number of hydrogen-bond donors (Lipinski definition) is 1. The van der Waals surface area contributed by atoms with E-state index in [4.69, 9.17) is 4.42 Å². The Balaban J connectivity index is 1.55. The molecule has 6 nitrogen and oxygen atoms in total. The van der Waals surface area contributed by atoms with Gasteiger partial charge < -0.3 is 9.73 Å². The first-order chi connectivity index (χ1) is 12.0. The van der Waals surface area contributed by atoms with Crippen LogP contribution in [-0.2, 0) is 21.4 Å². The summed E-state index contributed by atoms with van der Waals surface area (Å²) in [5, 5.41) is 2.88. The van der Waals surface area contributed by atoms with Gasteiger partial charge in [-0.15, -0.1) is 0 Å². The van der Waals surface area contributed by atoms with Crippen LogP contribution < -0.4 is 5.32 Å². The van der Waals surface area contributed by atoms with Crippen molar-refractivity contribution in [1.82, 2.24) is 9.62 Å². The zero-order valence-corrected chi connectivity index (χ0v) is 15.0. The fourth-order valence-electron chi connectivity index (χ4n) is 2.94. The zero-order valence-electron chi connectivity index (χ0n) is 14.1. The van der Waals surface area contributed by atoms with E-state index < -0.39 is 10.0 Å². The number of rotatable bonds is 5. The first kappa shape index (κ1) is 17.7. The quantitative estimate of drug-likeness (QED) is 0.885. The minimum atomic E-state index is -3.49. The van der Waals surface area contributed by atoms with Gasteiger partial charge in [0, 0.05) is 31.1 Å². The van der Waals surface area contributed by atoms with E-state index in [1.165, 1.54) is 4.31 Å². The fourth-order valence-corrected chi connectivity index (χ4v) is 4.41. The maximum Gasteiger partial charge on any atom is 0.243 e. The minimum absolute atomic E-state index is 0.0337. The highest BCUT2D eigenvalue weighted by Gasteiger charge is 2.31. The van der Waals surface area contributed by atoms with Crippen LogP contribution in [0.3, 0.4) is 0 Å². The maximum absolute atomic E-state index is 12.7. The topological polar surface area (TPSA) is 79.6 Å². The summed E-state index contributed by atoms with van der Waals surface area (Å²) in [6.07, 6.45) is 4.22. The molecule has 7 heteroatoms. The van der Waals surface area contributed by atoms with Crippen molar-refractivity contribution < 1.29 is 17.6 Å². The lowest BCUT2D eigenvalue weighted by Crippen LogP contribution is -2.42. The van der Waals surface area contributed by atoms with Crippen molar-refractivity contribution in [2.75, 3.05) is 13.1 Å². The van der Waals surface area contributed by atoms with Crippen molar-refractivity contribution in [3.05, 3.63) is 54.0 Å². The lowest BCUT2D eigenvalue weighted by atomic mass is 9.97. The fraction of sp³-hybridized carbons (Fsp3) is 0.389. The van der Waals surface area contributed by atoms with Crippen LogP contribution in [-0.4, -0.2) is 31.7 Å². The van der Waals surface area contributed by atoms with Crippen molar-refractivity contribution in [2.24, 2.45) is 5.92 Å². The third-order valence-electron chi connectivity index (χ3n) is 4.53. The monoisotopic (exact) mass is 362 g/mol. The van der Waals surface area contributed by atoms with Crippen LogP contribution in [0.1, 0.15) is 24.0 Å². The molecule has 0 saturated carbocycles. The van der Waals surface area contributed by atoms with Gasteiger partial charge in [0.05, 0.1) is 17.4 Å². The number of carbonyl (C=O) groups is 1. The zero-order chi connectivity index (χ0) is 17.9. The van der Waals surface area contributed by atoms with Crippen LogP contribution >= 0.6 is 0 Å². The highest BCUT2D eigenvalue weighted by molar-refractivity contribution is 7.89. The second kappa shape index (κ2) is 7.41. The molecular formula is C18H22N2O4S. The van der Waals surface area contributed by atoms with Gasteiger partial charge in [-0.05, 0) is 38.0 Å². The molecule has 1 aliphatic heterocycles. The number of piperidine rings is 1. The van der Waals surface area contributed by atoms with E-state index in [0.29, 0.717) is 37.4 Å². The molecule has 0 atom stereocenters. The highest BCUT2D eigenvalue weighted by Crippen LogP contribution is 2.24. The van der Waals surface area contributed by atoms with Gasteiger partial charge in [0.25, 0.3) is 0 Å². The van der Waals surface area contributed by atoms with Gasteiger partial charge >= 0.3 is 0 Å². The molecule has 1 amide bonds. The Kier molecular flexibility index (Phi) is 5.24. The summed E-state index contributed by atoms with van der Waals surface area (Å²) in [4.78, 5) is 12.6. The Morgan fingerprint density at radius 3 is 2.48 bits per heavy atom. The summed E-state index contributed by atoms with van der Waals surface area (Å²) in [7, 11) is -3.49. The third-order valence-corrected chi connectivity index (χ3v) is 6.44. The molecule has 1 aromatic carbocycles. The van der Waals surface area contributed by atoms with Gasteiger partial charge in [-0.25, -0.2) is 8.42 Å². The molecule has 1 saturated heterocycles. The molecule has 0 unspecified atom stereocenters. The molecular weight excluding hydrogens is 340 g/mol. The molecule has 0 radical (unpaired) electrons. The standard InChI is InChI=1S/C18H22N2O4S/c1-14-2-4-17(5-3-14)25(22,23)20-9-6-16(7-10-20)18(21)19-12-15-8-11-24-13-15/h2-5,8,11,13,16H,6-7,9-10,12H2,1H3,(H,19,21). The Morgan fingerprint density at radius 1 is 1.20 bits per heavy atom. The second-order valence-electron chi connectivity index (χ2n) is 6.34. The van der Waals surface area contributed by atoms with Crippen molar-refractivity contribution >= 4 is 15.9 Å². The predicted molar refractivity (Wildman–Crippen MR) is 93.2 cm³/mol. The van der Waals surface area contributed by atoms with Crippen molar-refractivity contribution in [3.63, 3.8) is 0 Å². The molecule has 1 fully saturated rings. The molecule has 1 aromatic heterocycles. The average molecular weight is 362 g/mol. The Morgan fingerprint density at radius 2 is 1.88 bits per heavy atom. The van der Waals surface area contributed by atoms with Crippen molar-refractivity contribution in [1.29, 1.82) is 0 Å². The number of hydrogen-bond acceptors (Lipinski definition) is 4. The van der Waals surface area contributed by atoms with Crippen LogP contribution in [0.2, 0.25) is 0 Å². The Hall–Kier alpha value is -2.12. The number of amides is 1. The van der Waals surface area contributed by atoms with Crippen LogP contribution in [0.25, 0.3) is 0 Å². The van der Waals surface area contributed by atoms with E-state index in [-0.39, 0.29) is 11.8 Å². The van der Waals surface area contributed by atoms with Crippen molar-refractivity contribution in [2.45, 2.75) is 31.2 Å². The molecule has 0 spiro atoms. The number of furan rings is 1. The van der Waals surface area contributed by atoms with E-state index >= 15 is 0 Å². The lowest BCUT2D eigenvalue weighted by Gasteiger charge is -2.30. The highest BCUT2D eigenvalue weighted by atomic mass is 32.2. The van der Waals surface area contributed by atoms with E-state index in [2.05, 4.69) is 5.32 Å². The SMILES string of the molecule is Cc1ccc(S(=O)(=O)N2CCC(C(=O)NCc3ccoc3)CC2)cc1. The summed E-state index contributed by atoms with van der Waals surface area (Å²) in [6.45, 7) is 3.07. The smallest absolute Gasteiger partial charge is 0.243 e. The number of benzene rings is 1. The maximum atomic E-state index is 12.7. The van der Waals surface area contributed by atoms with Gasteiger partial charge in [0.15, 0.2) is 0 Å². The molecule has 0 bridgehead atoms. The minimum Gasteiger partial charge on any atom is -0.472 e. The number of nitrogens with one attached hydrogen (secondary N) is 1. The molecule has 2 heterocycles. The molecule has 134 valence electrons. The molecule has 1 aliphatic rings. The Labute approximate surface area is 147 Å². The van der Waals surface area contributed by atoms with Gasteiger partial charge in [-0.1, -0.05) is 17.7 Å². The first-order valence-corrected chi connectivity index (χ1v) is 9.76. The van der Waals surface area contributed by atoms with E-state index in [0.717, 1.165) is 11.1 Å². The summed E-state index contributed by atoms with van der Waals surface area (Å²) in [5.41, 5.74) is 1.93. The first-order valence-electron chi connectivity index (χ1n) is 8.32. The van der Waals surface area contributed by atoms with Gasteiger partial charge in [-0.2, -0.15) is 4.31 Å². The van der Waals surface area contributed by atoms with Gasteiger partial charge in [0.1, 0.15) is 0 Å². The molecule has 25 heavy (non-hydrogen) atoms. The third kappa shape index (κ3) is 4.11. The second-order valence-corrected chi connectivity index (χ2v) is 8.28. The summed E-state index contributed by atoms with van der Waals surface area (Å²) >= 11 is 0. The molecule has 0 aliphatic carbocycles. The normalized spacial score (nSPS) is 16.7. The van der Waals surface area contributed by atoms with E-state index in [9.17, 15) is 13.2 Å². The number of aryl methyl sites for hydroxylation is 1. The largest absolute Gasteiger partial charge is 0.472 e. The summed E-state index contributed by atoms with van der Waals surface area (Å²) < 4.78 is 31.8. The number of sulfonamides is 1. The molecule has 1 N–H and O–H groups in total. The Bertz CT molecular complexity index is 805. The average Bonchev–Trinajstić information content (AvgIpc) is 3.14. The summed E-state index contributed by atoms with van der Waals surface area (Å²) in [6, 6.07) is 8.66. The number of carbonyl (C=O) groups excluding carboxylic acids is 1. The lowest BCUT2D eigenvalue weighted by molar-refractivity contribution is -0.126. The van der Waals surface area contributed by atoms with Gasteiger partial charge in [0.2, 0.25) is 15.9 Å². The molecule has 2 aromatic rings. The van der Waals surface area contributed by atoms with Crippen LogP contribution in [0, 0.1) is 12.8 Å². The summed E-state index contributed by atoms with van der Waals surface area (Å²) in [5.74, 6) is -0.190. The van der Waals surface area contributed by atoms with Gasteiger partial charge in [-0.3, -0.25) is 4.79 Å². The van der Waals surface area contributed by atoms with E-state index in [1.807, 2.05) is 6.92 Å². The van der Waals surface area contributed by atoms with E-state index in [1.54, 1.807) is 42.9 Å². The number of nitrogens with zero attached hydrogens (tertiary/aromatic N) is 1. The van der Waals surface area contributed by atoms with Crippen LogP contribution in [0.4, 0.5) is 0 Å². The van der Waals surface area contributed by atoms with Crippen LogP contribution in [0.15, 0.2) is 52.2 Å². The van der Waals surface area contributed by atoms with Crippen molar-refractivity contribution in [3.8, 4) is 0 Å².